The number of benzene rings is 1. The Labute approximate surface area is 87.5 Å². The van der Waals surface area contributed by atoms with Crippen LogP contribution in [0.15, 0.2) is 24.4 Å². The highest BCUT2D eigenvalue weighted by molar-refractivity contribution is 5.86. The molecule has 4 heteroatoms. The summed E-state index contributed by atoms with van der Waals surface area (Å²) in [6.45, 7) is 1.98. The molecule has 76 valence electrons. The standard InChI is InChI=1S/C11H11N3O/c1-8-3-4-9(7-15)10(5-8)11-6-12-14(2)13-11/h3-7H,1-2H3. The van der Waals surface area contributed by atoms with Crippen molar-refractivity contribution in [1.29, 1.82) is 0 Å². The number of aromatic nitrogens is 3. The molecule has 15 heavy (non-hydrogen) atoms. The maximum Gasteiger partial charge on any atom is 0.150 e. The van der Waals surface area contributed by atoms with Crippen LogP contribution in [0.5, 0.6) is 0 Å². The highest BCUT2D eigenvalue weighted by Crippen LogP contribution is 2.21. The number of aryl methyl sites for hydroxylation is 2. The highest BCUT2D eigenvalue weighted by atomic mass is 16.1. The lowest BCUT2D eigenvalue weighted by Gasteiger charge is -2.01. The average molecular weight is 201 g/mol. The molecule has 0 aliphatic rings. The van der Waals surface area contributed by atoms with Gasteiger partial charge in [-0.1, -0.05) is 17.7 Å². The van der Waals surface area contributed by atoms with Gasteiger partial charge in [-0.05, 0) is 13.0 Å². The van der Waals surface area contributed by atoms with Gasteiger partial charge in [-0.25, -0.2) is 0 Å². The van der Waals surface area contributed by atoms with Crippen LogP contribution in [0, 0.1) is 6.92 Å². The van der Waals surface area contributed by atoms with Crippen molar-refractivity contribution >= 4 is 6.29 Å². The van der Waals surface area contributed by atoms with Crippen LogP contribution in [0.25, 0.3) is 11.3 Å². The molecule has 1 aromatic heterocycles. The van der Waals surface area contributed by atoms with Crippen LogP contribution < -0.4 is 0 Å². The van der Waals surface area contributed by atoms with Crippen molar-refractivity contribution < 1.29 is 4.79 Å². The van der Waals surface area contributed by atoms with E-state index in [-0.39, 0.29) is 0 Å². The summed E-state index contributed by atoms with van der Waals surface area (Å²) in [6.07, 6.45) is 2.49. The van der Waals surface area contributed by atoms with Crippen molar-refractivity contribution in [2.75, 3.05) is 0 Å². The fraction of sp³-hybridized carbons (Fsp3) is 0.182. The summed E-state index contributed by atoms with van der Waals surface area (Å²) in [5, 5.41) is 8.17. The molecule has 0 aliphatic carbocycles. The normalized spacial score (nSPS) is 10.3. The molecule has 0 unspecified atom stereocenters. The van der Waals surface area contributed by atoms with E-state index in [0.29, 0.717) is 5.56 Å². The van der Waals surface area contributed by atoms with Gasteiger partial charge in [0.25, 0.3) is 0 Å². The summed E-state index contributed by atoms with van der Waals surface area (Å²) in [5.41, 5.74) is 3.30. The average Bonchev–Trinajstić information content (AvgIpc) is 2.65. The highest BCUT2D eigenvalue weighted by Gasteiger charge is 2.07. The quantitative estimate of drug-likeness (QED) is 0.693. The van der Waals surface area contributed by atoms with Gasteiger partial charge in [0.05, 0.1) is 6.20 Å². The first-order valence-corrected chi connectivity index (χ1v) is 4.63. The van der Waals surface area contributed by atoms with Gasteiger partial charge in [0.1, 0.15) is 5.69 Å². The molecule has 0 amide bonds. The van der Waals surface area contributed by atoms with Gasteiger partial charge in [-0.2, -0.15) is 15.0 Å². The SMILES string of the molecule is Cc1ccc(C=O)c(-c2cnn(C)n2)c1. The van der Waals surface area contributed by atoms with Crippen LogP contribution >= 0.6 is 0 Å². The van der Waals surface area contributed by atoms with E-state index in [1.165, 1.54) is 4.80 Å². The molecule has 4 nitrogen and oxygen atoms in total. The maximum absolute atomic E-state index is 10.9. The lowest BCUT2D eigenvalue weighted by atomic mass is 10.0. The molecule has 0 fully saturated rings. The van der Waals surface area contributed by atoms with E-state index in [4.69, 9.17) is 0 Å². The van der Waals surface area contributed by atoms with Crippen molar-refractivity contribution in [3.05, 3.63) is 35.5 Å². The second-order valence-corrected chi connectivity index (χ2v) is 3.43. The van der Waals surface area contributed by atoms with Crippen LogP contribution in [0.1, 0.15) is 15.9 Å². The van der Waals surface area contributed by atoms with Gasteiger partial charge in [0.2, 0.25) is 0 Å². The molecule has 2 rings (SSSR count). The number of carbonyl (C=O) groups excluding carboxylic acids is 1. The summed E-state index contributed by atoms with van der Waals surface area (Å²) in [4.78, 5) is 12.3. The van der Waals surface area contributed by atoms with Crippen molar-refractivity contribution in [1.82, 2.24) is 15.0 Å². The summed E-state index contributed by atoms with van der Waals surface area (Å²) >= 11 is 0. The van der Waals surface area contributed by atoms with Crippen LogP contribution in [-0.2, 0) is 7.05 Å². The smallest absolute Gasteiger partial charge is 0.150 e. The Kier molecular flexibility index (Phi) is 2.33. The van der Waals surface area contributed by atoms with Crippen molar-refractivity contribution in [2.24, 2.45) is 7.05 Å². The zero-order valence-electron chi connectivity index (χ0n) is 8.64. The van der Waals surface area contributed by atoms with E-state index in [1.807, 2.05) is 19.1 Å². The van der Waals surface area contributed by atoms with Crippen molar-refractivity contribution in [2.45, 2.75) is 6.92 Å². The number of rotatable bonds is 2. The zero-order chi connectivity index (χ0) is 10.8. The minimum Gasteiger partial charge on any atom is -0.298 e. The molecule has 0 saturated carbocycles. The first-order valence-electron chi connectivity index (χ1n) is 4.63. The molecular formula is C11H11N3O. The van der Waals surface area contributed by atoms with Crippen molar-refractivity contribution in [3.63, 3.8) is 0 Å². The molecule has 0 N–H and O–H groups in total. The lowest BCUT2D eigenvalue weighted by Crippen LogP contribution is -1.93. The molecular weight excluding hydrogens is 190 g/mol. The third-order valence-electron chi connectivity index (χ3n) is 2.21. The van der Waals surface area contributed by atoms with E-state index in [1.54, 1.807) is 19.3 Å². The zero-order valence-corrected chi connectivity index (χ0v) is 8.64. The van der Waals surface area contributed by atoms with Gasteiger partial charge < -0.3 is 0 Å². The minimum atomic E-state index is 0.640. The molecule has 1 heterocycles. The Morgan fingerprint density at radius 2 is 2.20 bits per heavy atom. The number of carbonyl (C=O) groups is 1. The third-order valence-corrected chi connectivity index (χ3v) is 2.21. The predicted octanol–water partition coefficient (Wildman–Crippen LogP) is 1.60. The molecule has 0 radical (unpaired) electrons. The largest absolute Gasteiger partial charge is 0.298 e. The van der Waals surface area contributed by atoms with Crippen LogP contribution in [0.2, 0.25) is 0 Å². The number of aldehydes is 1. The van der Waals surface area contributed by atoms with Gasteiger partial charge in [-0.3, -0.25) is 4.79 Å². The molecule has 2 aromatic rings. The Morgan fingerprint density at radius 1 is 1.40 bits per heavy atom. The monoisotopic (exact) mass is 201 g/mol. The minimum absolute atomic E-state index is 0.640. The fourth-order valence-electron chi connectivity index (χ4n) is 1.46. The molecule has 0 aliphatic heterocycles. The predicted molar refractivity (Wildman–Crippen MR) is 56.6 cm³/mol. The van der Waals surface area contributed by atoms with E-state index in [2.05, 4.69) is 10.2 Å². The third kappa shape index (κ3) is 1.79. The topological polar surface area (TPSA) is 47.8 Å². The lowest BCUT2D eigenvalue weighted by molar-refractivity contribution is 0.112. The summed E-state index contributed by atoms with van der Waals surface area (Å²) < 4.78 is 0. The van der Waals surface area contributed by atoms with Crippen LogP contribution in [-0.4, -0.2) is 21.3 Å². The Bertz CT molecular complexity index is 502. The number of hydrogen-bond donors (Lipinski definition) is 0. The van der Waals surface area contributed by atoms with Gasteiger partial charge in [0.15, 0.2) is 6.29 Å². The number of nitrogens with zero attached hydrogens (tertiary/aromatic N) is 3. The van der Waals surface area contributed by atoms with E-state index in [9.17, 15) is 4.79 Å². The summed E-state index contributed by atoms with van der Waals surface area (Å²) in [6, 6.07) is 5.64. The first kappa shape index (κ1) is 9.58. The second-order valence-electron chi connectivity index (χ2n) is 3.43. The molecule has 1 aromatic carbocycles. The van der Waals surface area contributed by atoms with Gasteiger partial charge in [0, 0.05) is 18.2 Å². The molecule has 0 saturated heterocycles. The summed E-state index contributed by atoms with van der Waals surface area (Å²) in [5.74, 6) is 0. The molecule has 0 bridgehead atoms. The van der Waals surface area contributed by atoms with Crippen LogP contribution in [0.3, 0.4) is 0 Å². The Balaban J connectivity index is 2.59. The van der Waals surface area contributed by atoms with Gasteiger partial charge in [-0.15, -0.1) is 0 Å². The van der Waals surface area contributed by atoms with Gasteiger partial charge >= 0.3 is 0 Å². The van der Waals surface area contributed by atoms with Crippen molar-refractivity contribution in [3.8, 4) is 11.3 Å². The molecule has 0 spiro atoms. The van der Waals surface area contributed by atoms with E-state index < -0.39 is 0 Å². The Hall–Kier alpha value is -1.97. The van der Waals surface area contributed by atoms with E-state index in [0.717, 1.165) is 23.1 Å². The Morgan fingerprint density at radius 3 is 2.80 bits per heavy atom. The summed E-state index contributed by atoms with van der Waals surface area (Å²) in [7, 11) is 1.75. The second kappa shape index (κ2) is 3.65. The number of hydrogen-bond acceptors (Lipinski definition) is 3. The first-order chi connectivity index (χ1) is 7.20. The maximum atomic E-state index is 10.9. The molecule has 0 atom stereocenters. The van der Waals surface area contributed by atoms with Crippen LogP contribution in [0.4, 0.5) is 0 Å². The fourth-order valence-corrected chi connectivity index (χ4v) is 1.46. The van der Waals surface area contributed by atoms with E-state index >= 15 is 0 Å².